The molecule has 2 heterocycles. The standard InChI is InChI=1S/C17H19N3O4/c21-15(11-2-1-3-11)19-6-8-20(9-7-19)16(22)12-4-5-13-14(10-12)24-17(23)18-13/h4-5,10-11H,1-3,6-9H2,(H,18,23). The molecule has 1 aliphatic carbocycles. The number of carbonyl (C=O) groups is 2. The molecule has 24 heavy (non-hydrogen) atoms. The highest BCUT2D eigenvalue weighted by molar-refractivity contribution is 5.97. The SMILES string of the molecule is O=C(c1ccc2[nH]c(=O)oc2c1)N1CCN(C(=O)C2CCC2)CC1. The number of piperazine rings is 1. The number of benzene rings is 1. The van der Waals surface area contributed by atoms with E-state index in [0.717, 1.165) is 19.3 Å². The van der Waals surface area contributed by atoms with Crippen LogP contribution in [0.3, 0.4) is 0 Å². The van der Waals surface area contributed by atoms with Gasteiger partial charge in [0.2, 0.25) is 5.91 Å². The van der Waals surface area contributed by atoms with E-state index in [1.165, 1.54) is 0 Å². The molecule has 1 saturated carbocycles. The largest absolute Gasteiger partial charge is 0.417 e. The fourth-order valence-corrected chi connectivity index (χ4v) is 3.30. The zero-order valence-corrected chi connectivity index (χ0v) is 13.3. The van der Waals surface area contributed by atoms with Crippen molar-refractivity contribution in [1.82, 2.24) is 14.8 Å². The first-order chi connectivity index (χ1) is 11.6. The maximum atomic E-state index is 12.6. The molecule has 7 heteroatoms. The second-order valence-corrected chi connectivity index (χ2v) is 6.47. The third kappa shape index (κ3) is 2.60. The second-order valence-electron chi connectivity index (χ2n) is 6.47. The number of hydrogen-bond acceptors (Lipinski definition) is 4. The summed E-state index contributed by atoms with van der Waals surface area (Å²) in [5, 5.41) is 0. The summed E-state index contributed by atoms with van der Waals surface area (Å²) >= 11 is 0. The number of carbonyl (C=O) groups excluding carboxylic acids is 2. The van der Waals surface area contributed by atoms with Crippen LogP contribution in [0.1, 0.15) is 29.6 Å². The molecule has 1 N–H and O–H groups in total. The summed E-state index contributed by atoms with van der Waals surface area (Å²) in [5.41, 5.74) is 1.45. The van der Waals surface area contributed by atoms with Gasteiger partial charge in [-0.25, -0.2) is 4.79 Å². The van der Waals surface area contributed by atoms with Crippen molar-refractivity contribution in [1.29, 1.82) is 0 Å². The zero-order valence-electron chi connectivity index (χ0n) is 13.3. The van der Waals surface area contributed by atoms with Crippen LogP contribution in [0, 0.1) is 5.92 Å². The molecule has 2 amide bonds. The Kier molecular flexibility index (Phi) is 3.63. The summed E-state index contributed by atoms with van der Waals surface area (Å²) in [6.07, 6.45) is 3.15. The Balaban J connectivity index is 1.43. The minimum atomic E-state index is -0.530. The molecule has 0 bridgehead atoms. The van der Waals surface area contributed by atoms with Crippen molar-refractivity contribution in [3.05, 3.63) is 34.3 Å². The Morgan fingerprint density at radius 1 is 1.08 bits per heavy atom. The number of nitrogens with zero attached hydrogens (tertiary/aromatic N) is 2. The van der Waals surface area contributed by atoms with E-state index < -0.39 is 5.76 Å². The molecule has 4 rings (SSSR count). The molecular weight excluding hydrogens is 310 g/mol. The Hall–Kier alpha value is -2.57. The van der Waals surface area contributed by atoms with Crippen LogP contribution >= 0.6 is 0 Å². The normalized spacial score (nSPS) is 18.7. The minimum absolute atomic E-state index is 0.100. The van der Waals surface area contributed by atoms with Gasteiger partial charge in [0.15, 0.2) is 5.58 Å². The van der Waals surface area contributed by atoms with Crippen molar-refractivity contribution in [2.75, 3.05) is 26.2 Å². The maximum absolute atomic E-state index is 12.6. The van der Waals surface area contributed by atoms with E-state index in [1.807, 2.05) is 4.90 Å². The molecule has 2 aromatic rings. The van der Waals surface area contributed by atoms with E-state index in [4.69, 9.17) is 4.42 Å². The monoisotopic (exact) mass is 329 g/mol. The van der Waals surface area contributed by atoms with Crippen molar-refractivity contribution in [3.63, 3.8) is 0 Å². The van der Waals surface area contributed by atoms with Crippen molar-refractivity contribution in [3.8, 4) is 0 Å². The molecule has 0 spiro atoms. The number of fused-ring (bicyclic) bond motifs is 1. The van der Waals surface area contributed by atoms with Gasteiger partial charge in [-0.3, -0.25) is 14.6 Å². The van der Waals surface area contributed by atoms with E-state index in [-0.39, 0.29) is 17.7 Å². The van der Waals surface area contributed by atoms with Crippen LogP contribution in [0.15, 0.2) is 27.4 Å². The van der Waals surface area contributed by atoms with Crippen LogP contribution in [-0.2, 0) is 4.79 Å². The summed E-state index contributed by atoms with van der Waals surface area (Å²) in [4.78, 5) is 42.3. The number of hydrogen-bond donors (Lipinski definition) is 1. The van der Waals surface area contributed by atoms with Crippen molar-refractivity contribution >= 4 is 22.9 Å². The molecule has 126 valence electrons. The van der Waals surface area contributed by atoms with Gasteiger partial charge in [-0.15, -0.1) is 0 Å². The number of rotatable bonds is 2. The number of aromatic nitrogens is 1. The van der Waals surface area contributed by atoms with Crippen LogP contribution in [-0.4, -0.2) is 52.8 Å². The Morgan fingerprint density at radius 3 is 2.46 bits per heavy atom. The highest BCUT2D eigenvalue weighted by Gasteiger charge is 2.32. The smallest absolute Gasteiger partial charge is 0.408 e. The van der Waals surface area contributed by atoms with Gasteiger partial charge in [0.25, 0.3) is 5.91 Å². The second kappa shape index (κ2) is 5.81. The van der Waals surface area contributed by atoms with Crippen molar-refractivity contribution in [2.24, 2.45) is 5.92 Å². The number of nitrogens with one attached hydrogen (secondary N) is 1. The summed E-state index contributed by atoms with van der Waals surface area (Å²) < 4.78 is 5.00. The van der Waals surface area contributed by atoms with E-state index in [0.29, 0.717) is 42.8 Å². The van der Waals surface area contributed by atoms with Gasteiger partial charge in [-0.05, 0) is 31.0 Å². The average molecular weight is 329 g/mol. The zero-order chi connectivity index (χ0) is 16.7. The number of aromatic amines is 1. The average Bonchev–Trinajstić information content (AvgIpc) is 2.91. The van der Waals surface area contributed by atoms with Crippen LogP contribution in [0.5, 0.6) is 0 Å². The van der Waals surface area contributed by atoms with Gasteiger partial charge in [0.05, 0.1) is 5.52 Å². The van der Waals surface area contributed by atoms with Gasteiger partial charge < -0.3 is 14.2 Å². The van der Waals surface area contributed by atoms with Crippen molar-refractivity contribution in [2.45, 2.75) is 19.3 Å². The van der Waals surface area contributed by atoms with Crippen LogP contribution in [0.4, 0.5) is 0 Å². The third-order valence-corrected chi connectivity index (χ3v) is 5.00. The fourth-order valence-electron chi connectivity index (χ4n) is 3.30. The molecule has 0 atom stereocenters. The molecule has 7 nitrogen and oxygen atoms in total. The van der Waals surface area contributed by atoms with E-state index in [2.05, 4.69) is 4.98 Å². The number of oxazole rings is 1. The number of amides is 2. The topological polar surface area (TPSA) is 86.6 Å². The van der Waals surface area contributed by atoms with Crippen LogP contribution in [0.2, 0.25) is 0 Å². The number of H-pyrrole nitrogens is 1. The van der Waals surface area contributed by atoms with Gasteiger partial charge in [-0.2, -0.15) is 0 Å². The molecule has 1 aromatic carbocycles. The first-order valence-corrected chi connectivity index (χ1v) is 8.33. The van der Waals surface area contributed by atoms with Crippen LogP contribution in [0.25, 0.3) is 11.1 Å². The lowest BCUT2D eigenvalue weighted by molar-refractivity contribution is -0.139. The quantitative estimate of drug-likeness (QED) is 0.897. The summed E-state index contributed by atoms with van der Waals surface area (Å²) in [6, 6.07) is 4.94. The van der Waals surface area contributed by atoms with Gasteiger partial charge in [-0.1, -0.05) is 6.42 Å². The van der Waals surface area contributed by atoms with Crippen LogP contribution < -0.4 is 5.76 Å². The Morgan fingerprint density at radius 2 is 1.79 bits per heavy atom. The van der Waals surface area contributed by atoms with Gasteiger partial charge >= 0.3 is 5.76 Å². The molecule has 1 aliphatic heterocycles. The van der Waals surface area contributed by atoms with Gasteiger partial charge in [0.1, 0.15) is 0 Å². The fraction of sp³-hybridized carbons (Fsp3) is 0.471. The molecule has 1 saturated heterocycles. The molecule has 1 aromatic heterocycles. The first-order valence-electron chi connectivity index (χ1n) is 8.33. The molecule has 2 aliphatic rings. The summed E-state index contributed by atoms with van der Waals surface area (Å²) in [5.74, 6) is -0.191. The Bertz CT molecular complexity index is 841. The molecule has 2 fully saturated rings. The first kappa shape index (κ1) is 15.0. The molecule has 0 radical (unpaired) electrons. The summed E-state index contributed by atoms with van der Waals surface area (Å²) in [7, 11) is 0. The maximum Gasteiger partial charge on any atom is 0.417 e. The molecule has 0 unspecified atom stereocenters. The van der Waals surface area contributed by atoms with E-state index >= 15 is 0 Å². The lowest BCUT2D eigenvalue weighted by Crippen LogP contribution is -2.52. The third-order valence-electron chi connectivity index (χ3n) is 5.00. The lowest BCUT2D eigenvalue weighted by atomic mass is 9.84. The van der Waals surface area contributed by atoms with E-state index in [9.17, 15) is 14.4 Å². The highest BCUT2D eigenvalue weighted by Crippen LogP contribution is 2.28. The lowest BCUT2D eigenvalue weighted by Gasteiger charge is -2.38. The molecular formula is C17H19N3O4. The van der Waals surface area contributed by atoms with E-state index in [1.54, 1.807) is 23.1 Å². The minimum Gasteiger partial charge on any atom is -0.408 e. The summed E-state index contributed by atoms with van der Waals surface area (Å²) in [6.45, 7) is 2.24. The predicted molar refractivity (Wildman–Crippen MR) is 86.7 cm³/mol. The Labute approximate surface area is 138 Å². The van der Waals surface area contributed by atoms with Crippen molar-refractivity contribution < 1.29 is 14.0 Å². The predicted octanol–water partition coefficient (Wildman–Crippen LogP) is 1.21. The van der Waals surface area contributed by atoms with Gasteiger partial charge in [0, 0.05) is 37.7 Å². The highest BCUT2D eigenvalue weighted by atomic mass is 16.4.